The maximum atomic E-state index is 12.4. The van der Waals surface area contributed by atoms with Crippen LogP contribution in [0.3, 0.4) is 0 Å². The first kappa shape index (κ1) is 15.3. The van der Waals surface area contributed by atoms with Crippen molar-refractivity contribution in [3.8, 4) is 17.2 Å². The molecule has 1 aliphatic rings. The van der Waals surface area contributed by atoms with Crippen molar-refractivity contribution in [2.75, 3.05) is 19.9 Å². The summed E-state index contributed by atoms with van der Waals surface area (Å²) < 4.78 is 16.2. The van der Waals surface area contributed by atoms with Gasteiger partial charge in [0.15, 0.2) is 11.5 Å². The number of nitrogens with zero attached hydrogens (tertiary/aromatic N) is 1. The maximum absolute atomic E-state index is 12.4. The SMILES string of the molecule is O=C(NCCOc1ccc2c(c1)OCO2)c1nccc2ccccc12. The monoisotopic (exact) mass is 336 g/mol. The third-order valence-corrected chi connectivity index (χ3v) is 3.89. The largest absolute Gasteiger partial charge is 0.492 e. The van der Waals surface area contributed by atoms with E-state index >= 15 is 0 Å². The van der Waals surface area contributed by atoms with Crippen LogP contribution in [-0.2, 0) is 0 Å². The Bertz CT molecular complexity index is 921. The van der Waals surface area contributed by atoms with Gasteiger partial charge in [-0.05, 0) is 23.6 Å². The Morgan fingerprint density at radius 2 is 2.00 bits per heavy atom. The van der Waals surface area contributed by atoms with Crippen molar-refractivity contribution in [1.82, 2.24) is 10.3 Å². The first-order valence-corrected chi connectivity index (χ1v) is 7.96. The number of fused-ring (bicyclic) bond motifs is 2. The molecular formula is C19H16N2O4. The third kappa shape index (κ3) is 3.19. The Morgan fingerprint density at radius 1 is 1.12 bits per heavy atom. The number of rotatable bonds is 5. The highest BCUT2D eigenvalue weighted by molar-refractivity contribution is 6.05. The smallest absolute Gasteiger partial charge is 0.270 e. The molecule has 0 aliphatic carbocycles. The number of aromatic nitrogens is 1. The van der Waals surface area contributed by atoms with E-state index in [1.165, 1.54) is 0 Å². The molecule has 0 radical (unpaired) electrons. The Labute approximate surface area is 144 Å². The standard InChI is InChI=1S/C19H16N2O4/c22-19(18-15-4-2-1-3-13(15)7-8-20-18)21-9-10-23-14-5-6-16-17(11-14)25-12-24-16/h1-8,11H,9-10,12H2,(H,21,22). The highest BCUT2D eigenvalue weighted by Crippen LogP contribution is 2.34. The van der Waals surface area contributed by atoms with Gasteiger partial charge in [0.05, 0.1) is 6.54 Å². The number of pyridine rings is 1. The molecule has 0 fully saturated rings. The van der Waals surface area contributed by atoms with Gasteiger partial charge in [-0.15, -0.1) is 0 Å². The second-order valence-electron chi connectivity index (χ2n) is 5.50. The van der Waals surface area contributed by atoms with E-state index in [-0.39, 0.29) is 12.7 Å². The number of amides is 1. The fraction of sp³-hybridized carbons (Fsp3) is 0.158. The summed E-state index contributed by atoms with van der Waals surface area (Å²) in [5.74, 6) is 1.83. The van der Waals surface area contributed by atoms with Crippen LogP contribution in [0.15, 0.2) is 54.7 Å². The van der Waals surface area contributed by atoms with Crippen molar-refractivity contribution in [3.05, 3.63) is 60.4 Å². The molecule has 6 nitrogen and oxygen atoms in total. The second-order valence-corrected chi connectivity index (χ2v) is 5.50. The van der Waals surface area contributed by atoms with E-state index in [1.54, 1.807) is 18.3 Å². The summed E-state index contributed by atoms with van der Waals surface area (Å²) in [5.41, 5.74) is 0.418. The van der Waals surface area contributed by atoms with E-state index in [4.69, 9.17) is 14.2 Å². The Hall–Kier alpha value is -3.28. The summed E-state index contributed by atoms with van der Waals surface area (Å²) in [6.07, 6.45) is 1.64. The molecule has 0 unspecified atom stereocenters. The summed E-state index contributed by atoms with van der Waals surface area (Å²) in [7, 11) is 0. The van der Waals surface area contributed by atoms with Crippen LogP contribution in [0.25, 0.3) is 10.8 Å². The van der Waals surface area contributed by atoms with Gasteiger partial charge in [-0.2, -0.15) is 0 Å². The Balaban J connectivity index is 1.34. The Morgan fingerprint density at radius 3 is 2.96 bits per heavy atom. The zero-order valence-electron chi connectivity index (χ0n) is 13.4. The van der Waals surface area contributed by atoms with E-state index in [9.17, 15) is 4.79 Å². The van der Waals surface area contributed by atoms with Crippen molar-refractivity contribution >= 4 is 16.7 Å². The van der Waals surface area contributed by atoms with Crippen LogP contribution in [0.2, 0.25) is 0 Å². The van der Waals surface area contributed by atoms with Crippen molar-refractivity contribution < 1.29 is 19.0 Å². The van der Waals surface area contributed by atoms with Gasteiger partial charge in [0.1, 0.15) is 18.1 Å². The highest BCUT2D eigenvalue weighted by Gasteiger charge is 2.14. The third-order valence-electron chi connectivity index (χ3n) is 3.89. The lowest BCUT2D eigenvalue weighted by Gasteiger charge is -2.09. The molecule has 25 heavy (non-hydrogen) atoms. The van der Waals surface area contributed by atoms with Crippen molar-refractivity contribution in [2.45, 2.75) is 0 Å². The summed E-state index contributed by atoms with van der Waals surface area (Å²) >= 11 is 0. The molecule has 1 aromatic heterocycles. The van der Waals surface area contributed by atoms with Gasteiger partial charge < -0.3 is 19.5 Å². The fourth-order valence-electron chi connectivity index (χ4n) is 2.68. The van der Waals surface area contributed by atoms with E-state index in [0.717, 1.165) is 10.8 Å². The number of benzene rings is 2. The quantitative estimate of drug-likeness (QED) is 0.726. The molecule has 0 saturated carbocycles. The first-order chi connectivity index (χ1) is 12.3. The molecule has 2 heterocycles. The van der Waals surface area contributed by atoms with E-state index in [0.29, 0.717) is 36.1 Å². The van der Waals surface area contributed by atoms with Crippen molar-refractivity contribution in [1.29, 1.82) is 0 Å². The summed E-state index contributed by atoms with van der Waals surface area (Å²) in [4.78, 5) is 16.6. The fourth-order valence-corrected chi connectivity index (χ4v) is 2.68. The lowest BCUT2D eigenvalue weighted by molar-refractivity contribution is 0.0944. The lowest BCUT2D eigenvalue weighted by atomic mass is 10.1. The van der Waals surface area contributed by atoms with Gasteiger partial charge in [-0.25, -0.2) is 0 Å². The number of carbonyl (C=O) groups is 1. The molecule has 4 rings (SSSR count). The predicted octanol–water partition coefficient (Wildman–Crippen LogP) is 2.77. The number of nitrogens with one attached hydrogen (secondary N) is 1. The van der Waals surface area contributed by atoms with Gasteiger partial charge in [0, 0.05) is 17.6 Å². The second kappa shape index (κ2) is 6.68. The van der Waals surface area contributed by atoms with Crippen LogP contribution in [0.4, 0.5) is 0 Å². The number of ether oxygens (including phenoxy) is 3. The maximum Gasteiger partial charge on any atom is 0.270 e. The highest BCUT2D eigenvalue weighted by atomic mass is 16.7. The van der Waals surface area contributed by atoms with Crippen molar-refractivity contribution in [2.24, 2.45) is 0 Å². The zero-order valence-corrected chi connectivity index (χ0v) is 13.4. The molecule has 1 amide bonds. The molecular weight excluding hydrogens is 320 g/mol. The normalized spacial score (nSPS) is 12.2. The van der Waals surface area contributed by atoms with Crippen LogP contribution in [0.5, 0.6) is 17.2 Å². The molecule has 2 aromatic carbocycles. The molecule has 126 valence electrons. The lowest BCUT2D eigenvalue weighted by Crippen LogP contribution is -2.28. The van der Waals surface area contributed by atoms with E-state index < -0.39 is 0 Å². The zero-order chi connectivity index (χ0) is 17.1. The topological polar surface area (TPSA) is 69.7 Å². The molecule has 1 aliphatic heterocycles. The van der Waals surface area contributed by atoms with Crippen molar-refractivity contribution in [3.63, 3.8) is 0 Å². The van der Waals surface area contributed by atoms with Crippen LogP contribution >= 0.6 is 0 Å². The molecule has 1 N–H and O–H groups in total. The van der Waals surface area contributed by atoms with Gasteiger partial charge >= 0.3 is 0 Å². The minimum atomic E-state index is -0.217. The van der Waals surface area contributed by atoms with Crippen LogP contribution in [0.1, 0.15) is 10.5 Å². The molecule has 0 atom stereocenters. The predicted molar refractivity (Wildman–Crippen MR) is 92.1 cm³/mol. The molecule has 3 aromatic rings. The summed E-state index contributed by atoms with van der Waals surface area (Å²) in [5, 5.41) is 4.65. The number of hydrogen-bond acceptors (Lipinski definition) is 5. The summed E-state index contributed by atoms with van der Waals surface area (Å²) in [6.45, 7) is 0.946. The first-order valence-electron chi connectivity index (χ1n) is 7.96. The number of hydrogen-bond donors (Lipinski definition) is 1. The van der Waals surface area contributed by atoms with Gasteiger partial charge in [0.25, 0.3) is 5.91 Å². The average molecular weight is 336 g/mol. The molecule has 0 spiro atoms. The van der Waals surface area contributed by atoms with E-state index in [2.05, 4.69) is 10.3 Å². The average Bonchev–Trinajstić information content (AvgIpc) is 3.12. The van der Waals surface area contributed by atoms with Crippen LogP contribution in [0, 0.1) is 0 Å². The minimum absolute atomic E-state index is 0.217. The van der Waals surface area contributed by atoms with Crippen LogP contribution in [-0.4, -0.2) is 30.8 Å². The van der Waals surface area contributed by atoms with Gasteiger partial charge in [-0.1, -0.05) is 24.3 Å². The van der Waals surface area contributed by atoms with E-state index in [1.807, 2.05) is 36.4 Å². The molecule has 6 heteroatoms. The minimum Gasteiger partial charge on any atom is -0.492 e. The molecule has 0 saturated heterocycles. The Kier molecular flexibility index (Phi) is 4.08. The molecule has 0 bridgehead atoms. The van der Waals surface area contributed by atoms with Gasteiger partial charge in [0.2, 0.25) is 6.79 Å². The van der Waals surface area contributed by atoms with Gasteiger partial charge in [-0.3, -0.25) is 9.78 Å². The number of carbonyl (C=O) groups excluding carboxylic acids is 1. The summed E-state index contributed by atoms with van der Waals surface area (Å²) in [6, 6.07) is 14.9. The van der Waals surface area contributed by atoms with Crippen LogP contribution < -0.4 is 19.5 Å².